The number of H-pyrrole nitrogens is 1. The van der Waals surface area contributed by atoms with E-state index in [1.165, 1.54) is 24.3 Å². The summed E-state index contributed by atoms with van der Waals surface area (Å²) in [5.41, 5.74) is 0.342. The smallest absolute Gasteiger partial charge is 0.251 e. The molecule has 0 aliphatic carbocycles. The second kappa shape index (κ2) is 8.04. The molecule has 0 saturated heterocycles. The Morgan fingerprint density at radius 2 is 2.04 bits per heavy atom. The molecule has 0 aliphatic heterocycles. The monoisotopic (exact) mass is 352 g/mol. The number of aromatic amines is 1. The fraction of sp³-hybridized carbons (Fsp3) is 0.333. The highest BCUT2D eigenvalue weighted by Gasteiger charge is 2.16. The summed E-state index contributed by atoms with van der Waals surface area (Å²) in [5, 5.41) is 12.1. The van der Waals surface area contributed by atoms with Gasteiger partial charge in [-0.2, -0.15) is 0 Å². The number of aliphatic hydroxyl groups is 1. The Bertz CT molecular complexity index is 757. The van der Waals surface area contributed by atoms with E-state index >= 15 is 0 Å². The van der Waals surface area contributed by atoms with Crippen LogP contribution in [0.2, 0.25) is 0 Å². The number of carbonyl (C=O) groups is 1. The average molecular weight is 352 g/mol. The number of carbonyl (C=O) groups excluding carboxylic acids is 1. The number of hydrogen-bond donors (Lipinski definition) is 4. The molecule has 1 atom stereocenters. The van der Waals surface area contributed by atoms with Gasteiger partial charge in [0.1, 0.15) is 5.82 Å². The highest BCUT2D eigenvalue weighted by Crippen LogP contribution is 2.11. The van der Waals surface area contributed by atoms with E-state index in [1.807, 2.05) is 0 Å². The number of sulfonamides is 1. The van der Waals surface area contributed by atoms with Crippen molar-refractivity contribution in [2.75, 3.05) is 6.54 Å². The molecule has 2 aromatic rings. The second-order valence-corrected chi connectivity index (χ2v) is 6.92. The van der Waals surface area contributed by atoms with E-state index < -0.39 is 16.1 Å². The number of rotatable bonds is 8. The number of amides is 1. The van der Waals surface area contributed by atoms with Crippen molar-refractivity contribution in [2.45, 2.75) is 30.9 Å². The maximum absolute atomic E-state index is 12.1. The van der Waals surface area contributed by atoms with Crippen molar-refractivity contribution in [3.05, 3.63) is 48.0 Å². The van der Waals surface area contributed by atoms with E-state index in [4.69, 9.17) is 0 Å². The zero-order valence-electron chi connectivity index (χ0n) is 13.2. The standard InChI is InChI=1S/C15H20N4O4S/c1-2-12(20)9-19-24(22,23)13-5-3-11(4-6-13)15(21)18-10-14-16-7-8-17-14/h3-8,12,19-20H,2,9-10H2,1H3,(H,16,17)(H,18,21). The van der Waals surface area contributed by atoms with Gasteiger partial charge in [0.15, 0.2) is 0 Å². The van der Waals surface area contributed by atoms with Crippen LogP contribution in [0.4, 0.5) is 0 Å². The average Bonchev–Trinajstić information content (AvgIpc) is 3.11. The number of aromatic nitrogens is 2. The predicted molar refractivity (Wildman–Crippen MR) is 87.7 cm³/mol. The fourth-order valence-corrected chi connectivity index (χ4v) is 2.95. The van der Waals surface area contributed by atoms with Crippen LogP contribution < -0.4 is 10.0 Å². The first-order valence-electron chi connectivity index (χ1n) is 7.46. The van der Waals surface area contributed by atoms with E-state index in [-0.39, 0.29) is 23.9 Å². The lowest BCUT2D eigenvalue weighted by molar-refractivity contribution is 0.0950. The van der Waals surface area contributed by atoms with Crippen LogP contribution in [0.5, 0.6) is 0 Å². The highest BCUT2D eigenvalue weighted by atomic mass is 32.2. The first kappa shape index (κ1) is 18.1. The van der Waals surface area contributed by atoms with E-state index in [1.54, 1.807) is 19.3 Å². The topological polar surface area (TPSA) is 124 Å². The van der Waals surface area contributed by atoms with Gasteiger partial charge >= 0.3 is 0 Å². The van der Waals surface area contributed by atoms with Crippen LogP contribution >= 0.6 is 0 Å². The predicted octanol–water partition coefficient (Wildman–Crippen LogP) is 0.389. The Hall–Kier alpha value is -2.23. The summed E-state index contributed by atoms with van der Waals surface area (Å²) in [7, 11) is -3.71. The maximum atomic E-state index is 12.1. The molecule has 1 amide bonds. The van der Waals surface area contributed by atoms with Crippen molar-refractivity contribution in [3.8, 4) is 0 Å². The molecule has 8 nitrogen and oxygen atoms in total. The third kappa shape index (κ3) is 4.88. The van der Waals surface area contributed by atoms with Crippen LogP contribution in [0.15, 0.2) is 41.6 Å². The van der Waals surface area contributed by atoms with Gasteiger partial charge in [-0.05, 0) is 30.7 Å². The molecule has 0 bridgehead atoms. The largest absolute Gasteiger partial charge is 0.392 e. The quantitative estimate of drug-likeness (QED) is 0.547. The molecule has 1 unspecified atom stereocenters. The number of aliphatic hydroxyl groups excluding tert-OH is 1. The molecule has 1 heterocycles. The third-order valence-corrected chi connectivity index (χ3v) is 4.82. The summed E-state index contributed by atoms with van der Waals surface area (Å²) in [6.07, 6.45) is 2.97. The summed E-state index contributed by atoms with van der Waals surface area (Å²) in [6, 6.07) is 5.56. The SMILES string of the molecule is CCC(O)CNS(=O)(=O)c1ccc(C(=O)NCc2ncc[nH]2)cc1. The lowest BCUT2D eigenvalue weighted by Gasteiger charge is -2.10. The normalized spacial score (nSPS) is 12.8. The molecule has 1 aromatic carbocycles. The molecule has 0 aliphatic rings. The molecular weight excluding hydrogens is 332 g/mol. The molecule has 24 heavy (non-hydrogen) atoms. The Morgan fingerprint density at radius 1 is 1.33 bits per heavy atom. The number of imidazole rings is 1. The lowest BCUT2D eigenvalue weighted by atomic mass is 10.2. The molecule has 130 valence electrons. The van der Waals surface area contributed by atoms with Gasteiger partial charge in [-0.3, -0.25) is 4.79 Å². The third-order valence-electron chi connectivity index (χ3n) is 3.38. The minimum atomic E-state index is -3.71. The molecule has 4 N–H and O–H groups in total. The molecule has 2 rings (SSSR count). The molecule has 0 fully saturated rings. The number of hydrogen-bond acceptors (Lipinski definition) is 5. The van der Waals surface area contributed by atoms with Gasteiger partial charge in [0.25, 0.3) is 5.91 Å². The van der Waals surface area contributed by atoms with E-state index in [0.29, 0.717) is 17.8 Å². The molecular formula is C15H20N4O4S. The number of nitrogens with one attached hydrogen (secondary N) is 3. The fourth-order valence-electron chi connectivity index (χ4n) is 1.88. The Balaban J connectivity index is 1.97. The van der Waals surface area contributed by atoms with Crippen molar-refractivity contribution in [1.29, 1.82) is 0 Å². The molecule has 0 saturated carbocycles. The van der Waals surface area contributed by atoms with Gasteiger partial charge in [-0.15, -0.1) is 0 Å². The number of benzene rings is 1. The summed E-state index contributed by atoms with van der Waals surface area (Å²) < 4.78 is 26.5. The van der Waals surface area contributed by atoms with E-state index in [2.05, 4.69) is 20.0 Å². The maximum Gasteiger partial charge on any atom is 0.251 e. The first-order valence-corrected chi connectivity index (χ1v) is 8.95. The van der Waals surface area contributed by atoms with Crippen molar-refractivity contribution in [1.82, 2.24) is 20.0 Å². The summed E-state index contributed by atoms with van der Waals surface area (Å²) >= 11 is 0. The van der Waals surface area contributed by atoms with Crippen molar-refractivity contribution >= 4 is 15.9 Å². The highest BCUT2D eigenvalue weighted by molar-refractivity contribution is 7.89. The van der Waals surface area contributed by atoms with E-state index in [9.17, 15) is 18.3 Å². The van der Waals surface area contributed by atoms with Crippen molar-refractivity contribution in [3.63, 3.8) is 0 Å². The first-order chi connectivity index (χ1) is 11.4. The molecule has 9 heteroatoms. The van der Waals surface area contributed by atoms with Gasteiger partial charge in [0.2, 0.25) is 10.0 Å². The minimum Gasteiger partial charge on any atom is -0.392 e. The Kier molecular flexibility index (Phi) is 6.07. The summed E-state index contributed by atoms with van der Waals surface area (Å²) in [4.78, 5) is 18.9. The van der Waals surface area contributed by atoms with Crippen molar-refractivity contribution < 1.29 is 18.3 Å². The van der Waals surface area contributed by atoms with Gasteiger partial charge < -0.3 is 15.4 Å². The van der Waals surface area contributed by atoms with Crippen LogP contribution in [-0.4, -0.2) is 42.0 Å². The molecule has 1 aromatic heterocycles. The van der Waals surface area contributed by atoms with Gasteiger partial charge in [0.05, 0.1) is 17.5 Å². The summed E-state index contributed by atoms with van der Waals surface area (Å²) in [5.74, 6) is 0.297. The van der Waals surface area contributed by atoms with Crippen LogP contribution in [0.25, 0.3) is 0 Å². The van der Waals surface area contributed by atoms with Gasteiger partial charge in [-0.25, -0.2) is 18.1 Å². The van der Waals surface area contributed by atoms with Crippen LogP contribution in [0.1, 0.15) is 29.5 Å². The molecule has 0 radical (unpaired) electrons. The van der Waals surface area contributed by atoms with E-state index in [0.717, 1.165) is 0 Å². The van der Waals surface area contributed by atoms with Gasteiger partial charge in [-0.1, -0.05) is 6.92 Å². The zero-order chi connectivity index (χ0) is 17.6. The lowest BCUT2D eigenvalue weighted by Crippen LogP contribution is -2.31. The van der Waals surface area contributed by atoms with Crippen molar-refractivity contribution in [2.24, 2.45) is 0 Å². The Morgan fingerprint density at radius 3 is 2.62 bits per heavy atom. The van der Waals surface area contributed by atoms with Crippen LogP contribution in [-0.2, 0) is 16.6 Å². The minimum absolute atomic E-state index is 0.0355. The molecule has 0 spiro atoms. The van der Waals surface area contributed by atoms with Crippen LogP contribution in [0, 0.1) is 0 Å². The van der Waals surface area contributed by atoms with Crippen LogP contribution in [0.3, 0.4) is 0 Å². The van der Waals surface area contributed by atoms with Gasteiger partial charge in [0, 0.05) is 24.5 Å². The zero-order valence-corrected chi connectivity index (χ0v) is 14.0. The summed E-state index contributed by atoms with van der Waals surface area (Å²) in [6.45, 7) is 1.96. The number of nitrogens with zero attached hydrogens (tertiary/aromatic N) is 1. The second-order valence-electron chi connectivity index (χ2n) is 5.16. The Labute approximate surface area is 140 Å².